The van der Waals surface area contributed by atoms with Crippen LogP contribution in [-0.2, 0) is 4.79 Å². The lowest BCUT2D eigenvalue weighted by Crippen LogP contribution is -2.18. The molecule has 2 amide bonds. The topological polar surface area (TPSA) is 70.6 Å². The number of aryl methyl sites for hydroxylation is 3. The van der Waals surface area contributed by atoms with E-state index in [2.05, 4.69) is 34.9 Å². The molecule has 0 aromatic heterocycles. The average Bonchev–Trinajstić information content (AvgIpc) is 2.57. The van der Waals surface area contributed by atoms with Crippen LogP contribution in [0, 0.1) is 20.8 Å². The second-order valence-corrected chi connectivity index (χ2v) is 6.39. The molecule has 2 aromatic rings. The summed E-state index contributed by atoms with van der Waals surface area (Å²) < 4.78 is 0. The lowest BCUT2D eigenvalue weighted by molar-refractivity contribution is -0.116. The standard InChI is InChI=1S/C21H25N3O2/c1-5-6-20(25)23-18-9-7-17(8-10-18)21(26)24-22-13-19-15(3)11-14(2)12-16(19)4/h7-13H,5-6H2,1-4H3,(H,23,25)(H,24,26). The molecule has 2 N–H and O–H groups in total. The Labute approximate surface area is 154 Å². The first kappa shape index (κ1) is 19.4. The molecule has 0 fully saturated rings. The van der Waals surface area contributed by atoms with Crippen LogP contribution in [0.25, 0.3) is 0 Å². The van der Waals surface area contributed by atoms with Gasteiger partial charge in [-0.3, -0.25) is 9.59 Å². The molecule has 136 valence electrons. The summed E-state index contributed by atoms with van der Waals surface area (Å²) in [4.78, 5) is 23.8. The van der Waals surface area contributed by atoms with Gasteiger partial charge in [0.15, 0.2) is 0 Å². The van der Waals surface area contributed by atoms with Crippen LogP contribution < -0.4 is 10.7 Å². The molecule has 0 aliphatic carbocycles. The molecular formula is C21H25N3O2. The van der Waals surface area contributed by atoms with Crippen LogP contribution in [0.5, 0.6) is 0 Å². The number of nitrogens with one attached hydrogen (secondary N) is 2. The highest BCUT2D eigenvalue weighted by Crippen LogP contribution is 2.14. The summed E-state index contributed by atoms with van der Waals surface area (Å²) >= 11 is 0. The molecule has 2 rings (SSSR count). The molecule has 0 saturated heterocycles. The van der Waals surface area contributed by atoms with E-state index in [4.69, 9.17) is 0 Å². The first-order chi connectivity index (χ1) is 12.4. The van der Waals surface area contributed by atoms with Gasteiger partial charge in [-0.2, -0.15) is 5.10 Å². The highest BCUT2D eigenvalue weighted by atomic mass is 16.2. The smallest absolute Gasteiger partial charge is 0.271 e. The second kappa shape index (κ2) is 8.94. The molecule has 0 unspecified atom stereocenters. The van der Waals surface area contributed by atoms with Crippen molar-refractivity contribution in [3.63, 3.8) is 0 Å². The Bertz CT molecular complexity index is 801. The minimum Gasteiger partial charge on any atom is -0.326 e. The molecule has 0 heterocycles. The summed E-state index contributed by atoms with van der Waals surface area (Å²) in [5, 5.41) is 6.86. The molecule has 5 heteroatoms. The third-order valence-corrected chi connectivity index (χ3v) is 4.01. The van der Waals surface area contributed by atoms with Crippen LogP contribution in [0.15, 0.2) is 41.5 Å². The van der Waals surface area contributed by atoms with Crippen molar-refractivity contribution in [1.29, 1.82) is 0 Å². The first-order valence-corrected chi connectivity index (χ1v) is 8.72. The lowest BCUT2D eigenvalue weighted by atomic mass is 10.0. The van der Waals surface area contributed by atoms with Gasteiger partial charge in [0.05, 0.1) is 6.21 Å². The summed E-state index contributed by atoms with van der Waals surface area (Å²) in [6.45, 7) is 8.05. The van der Waals surface area contributed by atoms with Gasteiger partial charge in [0.1, 0.15) is 0 Å². The first-order valence-electron chi connectivity index (χ1n) is 8.72. The summed E-state index contributed by atoms with van der Waals surface area (Å²) in [6, 6.07) is 10.9. The molecule has 2 aromatic carbocycles. The van der Waals surface area contributed by atoms with Gasteiger partial charge in [-0.15, -0.1) is 0 Å². The van der Waals surface area contributed by atoms with Crippen LogP contribution in [0.3, 0.4) is 0 Å². The summed E-state index contributed by atoms with van der Waals surface area (Å²) in [5.74, 6) is -0.326. The van der Waals surface area contributed by atoms with Gasteiger partial charge in [0.25, 0.3) is 5.91 Å². The molecule has 0 saturated carbocycles. The van der Waals surface area contributed by atoms with Crippen LogP contribution in [0.4, 0.5) is 5.69 Å². The third-order valence-electron chi connectivity index (χ3n) is 4.01. The minimum absolute atomic E-state index is 0.0295. The second-order valence-electron chi connectivity index (χ2n) is 6.39. The normalized spacial score (nSPS) is 10.8. The molecule has 0 aliphatic rings. The number of carbonyl (C=O) groups excluding carboxylic acids is 2. The van der Waals surface area contributed by atoms with Gasteiger partial charge in [0, 0.05) is 23.2 Å². The van der Waals surface area contributed by atoms with E-state index in [1.807, 2.05) is 20.8 Å². The zero-order chi connectivity index (χ0) is 19.1. The predicted octanol–water partition coefficient (Wildman–Crippen LogP) is 4.11. The van der Waals surface area contributed by atoms with Gasteiger partial charge < -0.3 is 5.32 Å². The predicted molar refractivity (Wildman–Crippen MR) is 106 cm³/mol. The largest absolute Gasteiger partial charge is 0.326 e. The molecule has 26 heavy (non-hydrogen) atoms. The van der Waals surface area contributed by atoms with Gasteiger partial charge in [0.2, 0.25) is 5.91 Å². The average molecular weight is 351 g/mol. The Kier molecular flexibility index (Phi) is 6.67. The Morgan fingerprint density at radius 2 is 1.65 bits per heavy atom. The molecule has 0 atom stereocenters. The van der Waals surface area contributed by atoms with Crippen molar-refractivity contribution in [2.45, 2.75) is 40.5 Å². The van der Waals surface area contributed by atoms with Crippen molar-refractivity contribution in [3.8, 4) is 0 Å². The highest BCUT2D eigenvalue weighted by molar-refractivity contribution is 5.96. The fourth-order valence-corrected chi connectivity index (χ4v) is 2.77. The number of hydrazone groups is 1. The lowest BCUT2D eigenvalue weighted by Gasteiger charge is -2.07. The van der Waals surface area contributed by atoms with Gasteiger partial charge in [-0.05, 0) is 62.6 Å². The maximum atomic E-state index is 12.2. The van der Waals surface area contributed by atoms with E-state index in [9.17, 15) is 9.59 Å². The van der Waals surface area contributed by atoms with E-state index in [1.165, 1.54) is 5.56 Å². The number of nitrogens with zero attached hydrogens (tertiary/aromatic N) is 1. The van der Waals surface area contributed by atoms with Crippen molar-refractivity contribution >= 4 is 23.7 Å². The Balaban J connectivity index is 1.99. The fraction of sp³-hybridized carbons (Fsp3) is 0.286. The van der Waals surface area contributed by atoms with E-state index in [0.29, 0.717) is 17.7 Å². The van der Waals surface area contributed by atoms with Crippen molar-refractivity contribution in [1.82, 2.24) is 5.43 Å². The van der Waals surface area contributed by atoms with E-state index in [0.717, 1.165) is 23.1 Å². The molecule has 5 nitrogen and oxygen atoms in total. The van der Waals surface area contributed by atoms with Gasteiger partial charge >= 0.3 is 0 Å². The Morgan fingerprint density at radius 1 is 1.04 bits per heavy atom. The van der Waals surface area contributed by atoms with Gasteiger partial charge in [-0.25, -0.2) is 5.43 Å². The van der Waals surface area contributed by atoms with Crippen molar-refractivity contribution in [2.75, 3.05) is 5.32 Å². The van der Waals surface area contributed by atoms with Gasteiger partial charge in [-0.1, -0.05) is 24.6 Å². The van der Waals surface area contributed by atoms with E-state index in [-0.39, 0.29) is 11.8 Å². The molecule has 0 radical (unpaired) electrons. The van der Waals surface area contributed by atoms with Crippen LogP contribution in [0.2, 0.25) is 0 Å². The number of benzene rings is 2. The Hall–Kier alpha value is -2.95. The maximum absolute atomic E-state index is 12.2. The van der Waals surface area contributed by atoms with Crippen LogP contribution in [0.1, 0.15) is 52.4 Å². The molecule has 0 aliphatic heterocycles. The zero-order valence-electron chi connectivity index (χ0n) is 15.7. The van der Waals surface area contributed by atoms with Crippen LogP contribution in [-0.4, -0.2) is 18.0 Å². The molecule has 0 bridgehead atoms. The minimum atomic E-state index is -0.296. The summed E-state index contributed by atoms with van der Waals surface area (Å²) in [6.07, 6.45) is 2.94. The summed E-state index contributed by atoms with van der Waals surface area (Å²) in [7, 11) is 0. The number of hydrogen-bond donors (Lipinski definition) is 2. The maximum Gasteiger partial charge on any atom is 0.271 e. The summed E-state index contributed by atoms with van der Waals surface area (Å²) in [5.41, 5.74) is 8.14. The molecular weight excluding hydrogens is 326 g/mol. The quantitative estimate of drug-likeness (QED) is 0.607. The SMILES string of the molecule is CCCC(=O)Nc1ccc(C(=O)NN=Cc2c(C)cc(C)cc2C)cc1. The van der Waals surface area contributed by atoms with Crippen molar-refractivity contribution < 1.29 is 9.59 Å². The number of carbonyl (C=O) groups is 2. The van der Waals surface area contributed by atoms with Crippen molar-refractivity contribution in [2.24, 2.45) is 5.10 Å². The van der Waals surface area contributed by atoms with E-state index >= 15 is 0 Å². The fourth-order valence-electron chi connectivity index (χ4n) is 2.77. The molecule has 0 spiro atoms. The number of anilines is 1. The zero-order valence-corrected chi connectivity index (χ0v) is 15.7. The monoisotopic (exact) mass is 351 g/mol. The number of amides is 2. The van der Waals surface area contributed by atoms with Crippen LogP contribution >= 0.6 is 0 Å². The number of rotatable bonds is 6. The van der Waals surface area contributed by atoms with E-state index < -0.39 is 0 Å². The number of hydrogen-bond acceptors (Lipinski definition) is 3. The Morgan fingerprint density at radius 3 is 2.23 bits per heavy atom. The highest BCUT2D eigenvalue weighted by Gasteiger charge is 2.06. The van der Waals surface area contributed by atoms with Crippen molar-refractivity contribution in [3.05, 3.63) is 64.2 Å². The third kappa shape index (κ3) is 5.28. The van der Waals surface area contributed by atoms with E-state index in [1.54, 1.807) is 30.5 Å².